The number of hydrogen-bond donors (Lipinski definition) is 1. The molecule has 0 atom stereocenters. The summed E-state index contributed by atoms with van der Waals surface area (Å²) in [7, 11) is 3.27. The number of phenols is 1. The number of hydrogen-bond acceptors (Lipinski definition) is 3. The van der Waals surface area contributed by atoms with E-state index >= 15 is 0 Å². The Labute approximate surface area is 108 Å². The Kier molecular flexibility index (Phi) is 4.22. The molecule has 0 aliphatic rings. The van der Waals surface area contributed by atoms with Crippen LogP contribution in [0.1, 0.15) is 37.6 Å². The van der Waals surface area contributed by atoms with Crippen molar-refractivity contribution in [1.82, 2.24) is 4.90 Å². The summed E-state index contributed by atoms with van der Waals surface area (Å²) < 4.78 is 5.07. The van der Waals surface area contributed by atoms with Crippen LogP contribution in [0.2, 0.25) is 0 Å². The minimum atomic E-state index is -0.257. The van der Waals surface area contributed by atoms with Gasteiger partial charge in [0, 0.05) is 12.6 Å². The molecule has 18 heavy (non-hydrogen) atoms. The molecule has 0 spiro atoms. The number of phenolic OH excluding ortho intramolecular Hbond substituents is 1. The van der Waals surface area contributed by atoms with Crippen molar-refractivity contribution in [2.45, 2.75) is 32.7 Å². The largest absolute Gasteiger partial charge is 0.507 e. The van der Waals surface area contributed by atoms with E-state index < -0.39 is 0 Å². The van der Waals surface area contributed by atoms with Crippen molar-refractivity contribution in [3.63, 3.8) is 0 Å². The monoisotopic (exact) mass is 251 g/mol. The van der Waals surface area contributed by atoms with Crippen LogP contribution < -0.4 is 4.74 Å². The van der Waals surface area contributed by atoms with Gasteiger partial charge in [-0.3, -0.25) is 4.79 Å². The Bertz CT molecular complexity index is 441. The fourth-order valence-corrected chi connectivity index (χ4v) is 1.51. The van der Waals surface area contributed by atoms with Crippen LogP contribution in [0.4, 0.5) is 0 Å². The van der Waals surface area contributed by atoms with E-state index in [1.807, 2.05) is 20.8 Å². The average molecular weight is 251 g/mol. The first-order valence-corrected chi connectivity index (χ1v) is 5.98. The minimum absolute atomic E-state index is 0.0282. The summed E-state index contributed by atoms with van der Waals surface area (Å²) in [6.07, 6.45) is 0.833. The number of methoxy groups -OCH3 is 1. The van der Waals surface area contributed by atoms with Gasteiger partial charge in [-0.25, -0.2) is 0 Å². The molecule has 1 rings (SSSR count). The van der Waals surface area contributed by atoms with Gasteiger partial charge >= 0.3 is 0 Å². The van der Waals surface area contributed by atoms with Gasteiger partial charge in [0.15, 0.2) is 0 Å². The lowest BCUT2D eigenvalue weighted by Gasteiger charge is -2.35. The van der Waals surface area contributed by atoms with E-state index in [1.54, 1.807) is 24.1 Å². The number of ether oxygens (including phenoxy) is 1. The van der Waals surface area contributed by atoms with Crippen LogP contribution >= 0.6 is 0 Å². The number of amides is 1. The molecule has 0 heterocycles. The molecule has 0 aliphatic heterocycles. The van der Waals surface area contributed by atoms with E-state index in [2.05, 4.69) is 0 Å². The summed E-state index contributed by atoms with van der Waals surface area (Å²) in [5.41, 5.74) is 0.00504. The number of benzene rings is 1. The molecule has 0 fully saturated rings. The van der Waals surface area contributed by atoms with Gasteiger partial charge in [-0.1, -0.05) is 6.92 Å². The normalized spacial score (nSPS) is 11.2. The van der Waals surface area contributed by atoms with Crippen molar-refractivity contribution in [3.05, 3.63) is 23.8 Å². The van der Waals surface area contributed by atoms with Crippen LogP contribution in [0.5, 0.6) is 11.5 Å². The van der Waals surface area contributed by atoms with Crippen LogP contribution in [0.15, 0.2) is 18.2 Å². The number of carbonyl (C=O) groups is 1. The van der Waals surface area contributed by atoms with Gasteiger partial charge in [-0.15, -0.1) is 0 Å². The van der Waals surface area contributed by atoms with Crippen LogP contribution in [0.3, 0.4) is 0 Å². The predicted molar refractivity (Wildman–Crippen MR) is 71.1 cm³/mol. The van der Waals surface area contributed by atoms with Gasteiger partial charge < -0.3 is 14.7 Å². The highest BCUT2D eigenvalue weighted by Gasteiger charge is 2.28. The lowest BCUT2D eigenvalue weighted by Crippen LogP contribution is -2.44. The number of rotatable bonds is 4. The molecular weight excluding hydrogens is 230 g/mol. The van der Waals surface area contributed by atoms with Crippen molar-refractivity contribution in [3.8, 4) is 11.5 Å². The predicted octanol–water partition coefficient (Wildman–Crippen LogP) is 2.66. The molecule has 0 radical (unpaired) electrons. The second-order valence-electron chi connectivity index (χ2n) is 4.91. The molecule has 1 amide bonds. The molecule has 4 nitrogen and oxygen atoms in total. The molecule has 0 saturated carbocycles. The third kappa shape index (κ3) is 2.75. The fourth-order valence-electron chi connectivity index (χ4n) is 1.51. The molecule has 1 aromatic carbocycles. The van der Waals surface area contributed by atoms with Crippen molar-refractivity contribution >= 4 is 5.91 Å². The van der Waals surface area contributed by atoms with E-state index in [4.69, 9.17) is 4.74 Å². The van der Waals surface area contributed by atoms with E-state index in [1.165, 1.54) is 13.2 Å². The zero-order valence-corrected chi connectivity index (χ0v) is 11.7. The summed E-state index contributed by atoms with van der Waals surface area (Å²) in [6, 6.07) is 4.65. The molecule has 100 valence electrons. The van der Waals surface area contributed by atoms with Crippen LogP contribution in [0, 0.1) is 0 Å². The standard InChI is InChI=1S/C14H21NO3/c1-6-14(2,3)15(4)13(17)11-9-10(18-5)7-8-12(11)16/h7-9,16H,6H2,1-5H3. The SMILES string of the molecule is CCC(C)(C)N(C)C(=O)c1cc(OC)ccc1O. The zero-order valence-electron chi connectivity index (χ0n) is 11.7. The highest BCUT2D eigenvalue weighted by molar-refractivity contribution is 5.97. The molecule has 0 aliphatic carbocycles. The average Bonchev–Trinajstić information content (AvgIpc) is 2.37. The van der Waals surface area contributed by atoms with Crippen molar-refractivity contribution < 1.29 is 14.6 Å². The van der Waals surface area contributed by atoms with Gasteiger partial charge in [0.25, 0.3) is 5.91 Å². The van der Waals surface area contributed by atoms with Crippen molar-refractivity contribution in [2.24, 2.45) is 0 Å². The summed E-state index contributed by atoms with van der Waals surface area (Å²) in [6.45, 7) is 6.00. The van der Waals surface area contributed by atoms with E-state index in [0.29, 0.717) is 5.75 Å². The second-order valence-corrected chi connectivity index (χ2v) is 4.91. The molecule has 1 aromatic rings. The Balaban J connectivity index is 3.11. The van der Waals surface area contributed by atoms with Gasteiger partial charge in [-0.2, -0.15) is 0 Å². The van der Waals surface area contributed by atoms with Crippen LogP contribution in [-0.2, 0) is 0 Å². The summed E-state index contributed by atoms with van der Waals surface area (Å²) in [5.74, 6) is 0.316. The molecule has 0 unspecified atom stereocenters. The molecule has 0 saturated heterocycles. The van der Waals surface area contributed by atoms with Crippen LogP contribution in [0.25, 0.3) is 0 Å². The maximum atomic E-state index is 12.3. The first-order valence-electron chi connectivity index (χ1n) is 5.98. The Morgan fingerprint density at radius 3 is 2.56 bits per heavy atom. The lowest BCUT2D eigenvalue weighted by molar-refractivity contribution is 0.0617. The minimum Gasteiger partial charge on any atom is -0.507 e. The van der Waals surface area contributed by atoms with E-state index in [9.17, 15) is 9.90 Å². The summed E-state index contributed by atoms with van der Waals surface area (Å²) in [5, 5.41) is 9.79. The van der Waals surface area contributed by atoms with Gasteiger partial charge in [0.2, 0.25) is 0 Å². The van der Waals surface area contributed by atoms with Crippen LogP contribution in [-0.4, -0.2) is 35.6 Å². The highest BCUT2D eigenvalue weighted by atomic mass is 16.5. The third-order valence-corrected chi connectivity index (χ3v) is 3.51. The molecule has 1 N–H and O–H groups in total. The Morgan fingerprint density at radius 1 is 1.44 bits per heavy atom. The molecule has 0 aromatic heterocycles. The van der Waals surface area contributed by atoms with Crippen molar-refractivity contribution in [2.75, 3.05) is 14.2 Å². The lowest BCUT2D eigenvalue weighted by atomic mass is 9.98. The summed E-state index contributed by atoms with van der Waals surface area (Å²) in [4.78, 5) is 14.0. The summed E-state index contributed by atoms with van der Waals surface area (Å²) >= 11 is 0. The Morgan fingerprint density at radius 2 is 2.06 bits per heavy atom. The maximum Gasteiger partial charge on any atom is 0.257 e. The zero-order chi connectivity index (χ0) is 13.9. The van der Waals surface area contributed by atoms with Gasteiger partial charge in [0.1, 0.15) is 11.5 Å². The molecular formula is C14H21NO3. The maximum absolute atomic E-state index is 12.3. The topological polar surface area (TPSA) is 49.8 Å². The number of nitrogens with zero attached hydrogens (tertiary/aromatic N) is 1. The first-order chi connectivity index (χ1) is 8.33. The smallest absolute Gasteiger partial charge is 0.257 e. The number of carbonyl (C=O) groups excluding carboxylic acids is 1. The first kappa shape index (κ1) is 14.4. The van der Waals surface area contributed by atoms with Gasteiger partial charge in [0.05, 0.1) is 12.7 Å². The van der Waals surface area contributed by atoms with E-state index in [-0.39, 0.29) is 22.8 Å². The molecule has 4 heteroatoms. The quantitative estimate of drug-likeness (QED) is 0.895. The van der Waals surface area contributed by atoms with Crippen molar-refractivity contribution in [1.29, 1.82) is 0 Å². The third-order valence-electron chi connectivity index (χ3n) is 3.51. The second kappa shape index (κ2) is 5.29. The highest BCUT2D eigenvalue weighted by Crippen LogP contribution is 2.27. The van der Waals surface area contributed by atoms with Gasteiger partial charge in [-0.05, 0) is 38.5 Å². The molecule has 0 bridgehead atoms. The fraction of sp³-hybridized carbons (Fsp3) is 0.500. The number of aromatic hydroxyl groups is 1. The Hall–Kier alpha value is -1.71. The van der Waals surface area contributed by atoms with E-state index in [0.717, 1.165) is 6.42 Å².